The SMILES string of the molecule is CCCCC[C@H](O)/C=C/C1C2C=C(C(F)CCCC(=O)O)O[C@H]2C[C@H]1O. The van der Waals surface area contributed by atoms with Crippen LogP contribution in [-0.4, -0.2) is 45.8 Å². The zero-order valence-electron chi connectivity index (χ0n) is 15.4. The molecule has 0 bridgehead atoms. The first kappa shape index (κ1) is 20.9. The van der Waals surface area contributed by atoms with E-state index in [-0.39, 0.29) is 43.0 Å². The summed E-state index contributed by atoms with van der Waals surface area (Å²) in [5.74, 6) is -0.957. The van der Waals surface area contributed by atoms with Gasteiger partial charge < -0.3 is 20.1 Å². The van der Waals surface area contributed by atoms with Gasteiger partial charge in [0.15, 0.2) is 6.17 Å². The Morgan fingerprint density at radius 1 is 1.38 bits per heavy atom. The highest BCUT2D eigenvalue weighted by Crippen LogP contribution is 2.43. The van der Waals surface area contributed by atoms with E-state index >= 15 is 0 Å². The number of carboxylic acids is 1. The van der Waals surface area contributed by atoms with Crippen molar-refractivity contribution in [1.82, 2.24) is 0 Å². The van der Waals surface area contributed by atoms with E-state index in [0.717, 1.165) is 19.3 Å². The Bertz CT molecular complexity index is 518. The summed E-state index contributed by atoms with van der Waals surface area (Å²) in [4.78, 5) is 10.5. The lowest BCUT2D eigenvalue weighted by Crippen LogP contribution is -2.17. The quantitative estimate of drug-likeness (QED) is 0.383. The maximum Gasteiger partial charge on any atom is 0.303 e. The first-order valence-corrected chi connectivity index (χ1v) is 9.71. The standard InChI is InChI=1S/C20H31FO5/c1-2-3-4-6-13(22)9-10-14-15-11-19(26-18(15)12-17(14)23)16(21)7-5-8-20(24)25/h9-11,13-18,22-23H,2-8,12H2,1H3,(H,24,25)/b10-9+/t13-,14?,15?,16?,17+,18-/m0/s1. The lowest BCUT2D eigenvalue weighted by molar-refractivity contribution is -0.137. The van der Waals surface area contributed by atoms with Crippen LogP contribution < -0.4 is 0 Å². The molecule has 1 aliphatic heterocycles. The normalized spacial score (nSPS) is 30.1. The van der Waals surface area contributed by atoms with Gasteiger partial charge in [0.25, 0.3) is 0 Å². The molecule has 0 aromatic rings. The van der Waals surface area contributed by atoms with Crippen molar-refractivity contribution in [3.63, 3.8) is 0 Å². The zero-order chi connectivity index (χ0) is 19.1. The number of carboxylic acid groups (broad SMARTS) is 1. The lowest BCUT2D eigenvalue weighted by atomic mass is 9.92. The van der Waals surface area contributed by atoms with Crippen LogP contribution >= 0.6 is 0 Å². The van der Waals surface area contributed by atoms with Gasteiger partial charge in [-0.05, 0) is 25.3 Å². The Kier molecular flexibility index (Phi) is 8.10. The minimum atomic E-state index is -1.30. The molecule has 3 unspecified atom stereocenters. The molecule has 0 spiro atoms. The van der Waals surface area contributed by atoms with E-state index < -0.39 is 24.3 Å². The summed E-state index contributed by atoms with van der Waals surface area (Å²) in [6.07, 6.45) is 7.30. The predicted octanol–water partition coefficient (Wildman–Crippen LogP) is 3.36. The second kappa shape index (κ2) is 10.1. The number of allylic oxidation sites excluding steroid dienone is 1. The maximum absolute atomic E-state index is 14.3. The van der Waals surface area contributed by atoms with Crippen molar-refractivity contribution < 1.29 is 29.2 Å². The molecule has 0 saturated heterocycles. The third-order valence-corrected chi connectivity index (χ3v) is 5.25. The van der Waals surface area contributed by atoms with Crippen molar-refractivity contribution in [3.8, 4) is 0 Å². The van der Waals surface area contributed by atoms with Gasteiger partial charge in [-0.15, -0.1) is 0 Å². The highest BCUT2D eigenvalue weighted by Gasteiger charge is 2.46. The molecule has 0 aromatic carbocycles. The molecule has 1 fully saturated rings. The second-order valence-corrected chi connectivity index (χ2v) is 7.38. The van der Waals surface area contributed by atoms with Gasteiger partial charge in [-0.2, -0.15) is 0 Å². The number of aliphatic carboxylic acids is 1. The largest absolute Gasteiger partial charge is 0.491 e. The van der Waals surface area contributed by atoms with Crippen LogP contribution in [0.3, 0.4) is 0 Å². The molecule has 1 aliphatic carbocycles. The monoisotopic (exact) mass is 370 g/mol. The van der Waals surface area contributed by atoms with Gasteiger partial charge in [0.05, 0.1) is 12.2 Å². The number of aliphatic hydroxyl groups excluding tert-OH is 2. The fourth-order valence-corrected chi connectivity index (χ4v) is 3.77. The summed E-state index contributed by atoms with van der Waals surface area (Å²) in [5.41, 5.74) is 0. The molecular formula is C20H31FO5. The molecule has 2 rings (SSSR count). The van der Waals surface area contributed by atoms with Gasteiger partial charge in [0, 0.05) is 24.7 Å². The minimum absolute atomic E-state index is 0.0550. The third kappa shape index (κ3) is 5.81. The third-order valence-electron chi connectivity index (χ3n) is 5.25. The summed E-state index contributed by atoms with van der Waals surface area (Å²) in [6.45, 7) is 2.11. The Morgan fingerprint density at radius 3 is 2.85 bits per heavy atom. The topological polar surface area (TPSA) is 87.0 Å². The molecule has 3 N–H and O–H groups in total. The van der Waals surface area contributed by atoms with E-state index in [9.17, 15) is 19.4 Å². The van der Waals surface area contributed by atoms with Crippen LogP contribution in [0.25, 0.3) is 0 Å². The van der Waals surface area contributed by atoms with Crippen molar-refractivity contribution in [3.05, 3.63) is 24.0 Å². The van der Waals surface area contributed by atoms with E-state index in [1.54, 1.807) is 12.2 Å². The number of hydrogen-bond acceptors (Lipinski definition) is 4. The van der Waals surface area contributed by atoms with Crippen LogP contribution in [0.5, 0.6) is 0 Å². The van der Waals surface area contributed by atoms with Crippen molar-refractivity contribution >= 4 is 5.97 Å². The van der Waals surface area contributed by atoms with E-state index in [2.05, 4.69) is 6.92 Å². The number of hydrogen-bond donors (Lipinski definition) is 3. The number of ether oxygens (including phenoxy) is 1. The molecule has 148 valence electrons. The first-order valence-electron chi connectivity index (χ1n) is 9.71. The number of alkyl halides is 1. The van der Waals surface area contributed by atoms with Crippen molar-refractivity contribution in [2.75, 3.05) is 0 Å². The molecule has 0 radical (unpaired) electrons. The van der Waals surface area contributed by atoms with Crippen LogP contribution in [0.4, 0.5) is 4.39 Å². The molecule has 2 aliphatic rings. The molecule has 0 aromatic heterocycles. The van der Waals surface area contributed by atoms with Gasteiger partial charge in [-0.3, -0.25) is 4.79 Å². The Hall–Kier alpha value is -1.40. The van der Waals surface area contributed by atoms with Gasteiger partial charge in [0.2, 0.25) is 0 Å². The first-order chi connectivity index (χ1) is 12.4. The number of unbranched alkanes of at least 4 members (excludes halogenated alkanes) is 2. The number of halogens is 1. The summed E-state index contributed by atoms with van der Waals surface area (Å²) >= 11 is 0. The summed E-state index contributed by atoms with van der Waals surface area (Å²) in [6, 6.07) is 0. The Balaban J connectivity index is 1.89. The molecule has 5 nitrogen and oxygen atoms in total. The van der Waals surface area contributed by atoms with Crippen molar-refractivity contribution in [2.24, 2.45) is 11.8 Å². The fraction of sp³-hybridized carbons (Fsp3) is 0.750. The molecular weight excluding hydrogens is 339 g/mol. The molecule has 6 heteroatoms. The van der Waals surface area contributed by atoms with E-state index in [0.29, 0.717) is 12.8 Å². The lowest BCUT2D eigenvalue weighted by Gasteiger charge is -2.15. The highest BCUT2D eigenvalue weighted by molar-refractivity contribution is 5.66. The van der Waals surface area contributed by atoms with Gasteiger partial charge >= 0.3 is 5.97 Å². The van der Waals surface area contributed by atoms with Crippen LogP contribution in [0.2, 0.25) is 0 Å². The van der Waals surface area contributed by atoms with Crippen molar-refractivity contribution in [1.29, 1.82) is 0 Å². The van der Waals surface area contributed by atoms with Crippen LogP contribution in [0.1, 0.15) is 58.3 Å². The number of aliphatic hydroxyl groups is 2. The van der Waals surface area contributed by atoms with Gasteiger partial charge in [0.1, 0.15) is 11.9 Å². The number of fused-ring (bicyclic) bond motifs is 1. The minimum Gasteiger partial charge on any atom is -0.491 e. The molecule has 6 atom stereocenters. The van der Waals surface area contributed by atoms with E-state index in [4.69, 9.17) is 9.84 Å². The number of rotatable bonds is 11. The fourth-order valence-electron chi connectivity index (χ4n) is 3.77. The summed E-state index contributed by atoms with van der Waals surface area (Å²) < 4.78 is 19.9. The summed E-state index contributed by atoms with van der Waals surface area (Å²) in [5, 5.41) is 28.9. The van der Waals surface area contributed by atoms with Gasteiger partial charge in [-0.25, -0.2) is 4.39 Å². The molecule has 0 amide bonds. The van der Waals surface area contributed by atoms with E-state index in [1.165, 1.54) is 0 Å². The van der Waals surface area contributed by atoms with Crippen LogP contribution in [-0.2, 0) is 9.53 Å². The maximum atomic E-state index is 14.3. The molecule has 1 heterocycles. The smallest absolute Gasteiger partial charge is 0.303 e. The molecule has 26 heavy (non-hydrogen) atoms. The van der Waals surface area contributed by atoms with Crippen molar-refractivity contribution in [2.45, 2.75) is 82.8 Å². The Morgan fingerprint density at radius 2 is 2.15 bits per heavy atom. The average Bonchev–Trinajstić information content (AvgIpc) is 3.10. The Labute approximate surface area is 154 Å². The highest BCUT2D eigenvalue weighted by atomic mass is 19.1. The average molecular weight is 370 g/mol. The van der Waals surface area contributed by atoms with Crippen LogP contribution in [0.15, 0.2) is 24.0 Å². The van der Waals surface area contributed by atoms with Gasteiger partial charge in [-0.1, -0.05) is 38.3 Å². The zero-order valence-corrected chi connectivity index (χ0v) is 15.4. The number of carbonyl (C=O) groups is 1. The van der Waals surface area contributed by atoms with E-state index in [1.807, 2.05) is 6.08 Å². The predicted molar refractivity (Wildman–Crippen MR) is 96.2 cm³/mol. The summed E-state index contributed by atoms with van der Waals surface area (Å²) in [7, 11) is 0. The second-order valence-electron chi connectivity index (χ2n) is 7.38. The molecule has 1 saturated carbocycles. The van der Waals surface area contributed by atoms with Crippen LogP contribution in [0, 0.1) is 11.8 Å².